The number of carbonyl (C=O) groups is 2. The van der Waals surface area contributed by atoms with Crippen molar-refractivity contribution in [2.24, 2.45) is 4.99 Å². The molecular formula is C28H24N4O3S2. The molecule has 1 aromatic heterocycles. The number of amides is 2. The molecule has 3 aromatic carbocycles. The van der Waals surface area contributed by atoms with E-state index in [-0.39, 0.29) is 18.2 Å². The van der Waals surface area contributed by atoms with E-state index >= 15 is 0 Å². The van der Waals surface area contributed by atoms with Crippen LogP contribution in [0.1, 0.15) is 13.3 Å². The first-order chi connectivity index (χ1) is 18.1. The van der Waals surface area contributed by atoms with E-state index in [0.717, 1.165) is 11.3 Å². The van der Waals surface area contributed by atoms with Gasteiger partial charge in [0, 0.05) is 35.7 Å². The summed E-state index contributed by atoms with van der Waals surface area (Å²) in [5.74, 6) is 0.949. The Morgan fingerprint density at radius 3 is 2.51 bits per heavy atom. The fourth-order valence-corrected chi connectivity index (χ4v) is 5.75. The molecule has 1 atom stereocenters. The van der Waals surface area contributed by atoms with Crippen LogP contribution in [0.3, 0.4) is 0 Å². The normalized spacial score (nSPS) is 16.2. The number of amidine groups is 1. The van der Waals surface area contributed by atoms with Gasteiger partial charge in [0.1, 0.15) is 16.7 Å². The maximum atomic E-state index is 13.0. The molecule has 1 aliphatic rings. The van der Waals surface area contributed by atoms with Crippen molar-refractivity contribution in [1.82, 2.24) is 9.88 Å². The van der Waals surface area contributed by atoms with Gasteiger partial charge >= 0.3 is 0 Å². The summed E-state index contributed by atoms with van der Waals surface area (Å²) < 4.78 is 5.84. The van der Waals surface area contributed by atoms with Crippen LogP contribution in [-0.4, -0.2) is 38.7 Å². The van der Waals surface area contributed by atoms with Crippen LogP contribution in [0.15, 0.2) is 95.3 Å². The van der Waals surface area contributed by atoms with Crippen molar-refractivity contribution in [2.75, 3.05) is 11.9 Å². The van der Waals surface area contributed by atoms with Crippen LogP contribution < -0.4 is 10.1 Å². The van der Waals surface area contributed by atoms with E-state index in [1.54, 1.807) is 17.0 Å². The van der Waals surface area contributed by atoms with E-state index in [4.69, 9.17) is 4.74 Å². The predicted octanol–water partition coefficient (Wildman–Crippen LogP) is 6.58. The second kappa shape index (κ2) is 11.4. The number of benzene rings is 3. The van der Waals surface area contributed by atoms with E-state index < -0.39 is 5.25 Å². The molecule has 1 aliphatic heterocycles. The molecule has 4 aromatic rings. The number of nitrogens with one attached hydrogen (secondary N) is 1. The molecule has 0 aliphatic carbocycles. The molecule has 9 heteroatoms. The van der Waals surface area contributed by atoms with Crippen molar-refractivity contribution in [2.45, 2.75) is 18.6 Å². The van der Waals surface area contributed by atoms with Crippen LogP contribution in [0, 0.1) is 0 Å². The SMILES string of the molecule is CCN1C(=O)C(CC(=O)Nc2cccc(Oc3ccccc3)c2)S/C1=N/c1nc(-c2ccccc2)cs1. The van der Waals surface area contributed by atoms with Crippen LogP contribution >= 0.6 is 23.1 Å². The van der Waals surface area contributed by atoms with Gasteiger partial charge in [-0.05, 0) is 31.2 Å². The monoisotopic (exact) mass is 528 g/mol. The third kappa shape index (κ3) is 6.07. The molecule has 186 valence electrons. The summed E-state index contributed by atoms with van der Waals surface area (Å²) in [6.07, 6.45) is 0.0376. The third-order valence-corrected chi connectivity index (χ3v) is 7.47. The lowest BCUT2D eigenvalue weighted by Crippen LogP contribution is -2.33. The minimum Gasteiger partial charge on any atom is -0.457 e. The molecule has 1 saturated heterocycles. The fraction of sp³-hybridized carbons (Fsp3) is 0.143. The van der Waals surface area contributed by atoms with Crippen LogP contribution in [0.5, 0.6) is 11.5 Å². The third-order valence-electron chi connectivity index (χ3n) is 5.56. The largest absolute Gasteiger partial charge is 0.457 e. The number of hydrogen-bond acceptors (Lipinski definition) is 7. The number of rotatable bonds is 8. The lowest BCUT2D eigenvalue weighted by atomic mass is 10.2. The molecule has 0 spiro atoms. The second-order valence-electron chi connectivity index (χ2n) is 8.16. The summed E-state index contributed by atoms with van der Waals surface area (Å²) in [6, 6.07) is 26.5. The van der Waals surface area contributed by atoms with Gasteiger partial charge in [0.05, 0.1) is 5.69 Å². The molecule has 0 radical (unpaired) electrons. The van der Waals surface area contributed by atoms with E-state index in [0.29, 0.717) is 34.0 Å². The highest BCUT2D eigenvalue weighted by Crippen LogP contribution is 2.34. The molecule has 1 N–H and O–H groups in total. The van der Waals surface area contributed by atoms with Gasteiger partial charge in [-0.25, -0.2) is 4.98 Å². The Labute approximate surface area is 223 Å². The van der Waals surface area contributed by atoms with Crippen LogP contribution in [0.2, 0.25) is 0 Å². The lowest BCUT2D eigenvalue weighted by Gasteiger charge is -2.13. The highest BCUT2D eigenvalue weighted by molar-refractivity contribution is 8.15. The smallest absolute Gasteiger partial charge is 0.242 e. The number of ether oxygens (including phenoxy) is 1. The Kier molecular flexibility index (Phi) is 7.62. The molecule has 7 nitrogen and oxygen atoms in total. The molecule has 5 rings (SSSR count). The number of carbonyl (C=O) groups excluding carboxylic acids is 2. The van der Waals surface area contributed by atoms with Crippen molar-refractivity contribution in [3.05, 3.63) is 90.3 Å². The maximum absolute atomic E-state index is 13.0. The molecule has 0 bridgehead atoms. The Morgan fingerprint density at radius 1 is 1.03 bits per heavy atom. The summed E-state index contributed by atoms with van der Waals surface area (Å²) in [7, 11) is 0. The van der Waals surface area contributed by atoms with Gasteiger partial charge in [0.2, 0.25) is 16.9 Å². The van der Waals surface area contributed by atoms with E-state index in [2.05, 4.69) is 15.3 Å². The number of nitrogens with zero attached hydrogens (tertiary/aromatic N) is 3. The van der Waals surface area contributed by atoms with Gasteiger partial charge < -0.3 is 10.1 Å². The minimum atomic E-state index is -0.545. The first-order valence-electron chi connectivity index (χ1n) is 11.8. The molecule has 37 heavy (non-hydrogen) atoms. The first kappa shape index (κ1) is 24.7. The van der Waals surface area contributed by atoms with Crippen molar-refractivity contribution in [3.8, 4) is 22.8 Å². The number of hydrogen-bond donors (Lipinski definition) is 1. The molecule has 1 unspecified atom stereocenters. The number of thiazole rings is 1. The Hall–Kier alpha value is -3.95. The van der Waals surface area contributed by atoms with Gasteiger partial charge in [0.25, 0.3) is 0 Å². The summed E-state index contributed by atoms with van der Waals surface area (Å²) in [6.45, 7) is 2.37. The zero-order chi connectivity index (χ0) is 25.6. The summed E-state index contributed by atoms with van der Waals surface area (Å²) in [4.78, 5) is 36.7. The van der Waals surface area contributed by atoms with E-state index in [1.165, 1.54) is 23.1 Å². The van der Waals surface area contributed by atoms with Gasteiger partial charge in [-0.1, -0.05) is 66.4 Å². The Morgan fingerprint density at radius 2 is 1.76 bits per heavy atom. The minimum absolute atomic E-state index is 0.0376. The number of thioether (sulfide) groups is 1. The zero-order valence-corrected chi connectivity index (χ0v) is 21.7. The van der Waals surface area contributed by atoms with Crippen molar-refractivity contribution < 1.29 is 14.3 Å². The maximum Gasteiger partial charge on any atom is 0.242 e. The van der Waals surface area contributed by atoms with Gasteiger partial charge in [-0.15, -0.1) is 11.3 Å². The second-order valence-corrected chi connectivity index (χ2v) is 10.2. The zero-order valence-electron chi connectivity index (χ0n) is 20.0. The Bertz CT molecular complexity index is 1420. The summed E-state index contributed by atoms with van der Waals surface area (Å²) in [5.41, 5.74) is 2.46. The molecule has 0 saturated carbocycles. The van der Waals surface area contributed by atoms with Gasteiger partial charge in [0.15, 0.2) is 5.17 Å². The first-order valence-corrected chi connectivity index (χ1v) is 13.6. The van der Waals surface area contributed by atoms with Gasteiger partial charge in [-0.3, -0.25) is 14.5 Å². The highest BCUT2D eigenvalue weighted by Gasteiger charge is 2.38. The number of para-hydroxylation sites is 1. The molecule has 2 heterocycles. The predicted molar refractivity (Wildman–Crippen MR) is 150 cm³/mol. The summed E-state index contributed by atoms with van der Waals surface area (Å²) in [5, 5.41) is 5.43. The average molecular weight is 529 g/mol. The topological polar surface area (TPSA) is 83.9 Å². The quantitative estimate of drug-likeness (QED) is 0.279. The summed E-state index contributed by atoms with van der Waals surface area (Å²) >= 11 is 2.73. The number of aliphatic imine (C=N–C) groups is 1. The van der Waals surface area contributed by atoms with Crippen molar-refractivity contribution in [3.63, 3.8) is 0 Å². The fourth-order valence-electron chi connectivity index (χ4n) is 3.80. The van der Waals surface area contributed by atoms with Crippen molar-refractivity contribution in [1.29, 1.82) is 0 Å². The van der Waals surface area contributed by atoms with Crippen LogP contribution in [0.4, 0.5) is 10.8 Å². The lowest BCUT2D eigenvalue weighted by molar-refractivity contribution is -0.128. The Balaban J connectivity index is 1.24. The van der Waals surface area contributed by atoms with Crippen LogP contribution in [0.25, 0.3) is 11.3 Å². The highest BCUT2D eigenvalue weighted by atomic mass is 32.2. The molecule has 2 amide bonds. The standard InChI is InChI=1S/C28H24N4O3S2/c1-2-32-26(34)24(37-28(32)31-27-30-23(18-36-27)19-10-5-3-6-11-19)17-25(33)29-20-12-9-15-22(16-20)35-21-13-7-4-8-14-21/h3-16,18,24H,2,17H2,1H3,(H,29,33)/b31-28+. The number of aromatic nitrogens is 1. The van der Waals surface area contributed by atoms with Crippen LogP contribution in [-0.2, 0) is 9.59 Å². The van der Waals surface area contributed by atoms with E-state index in [9.17, 15) is 9.59 Å². The molecular weight excluding hydrogens is 504 g/mol. The van der Waals surface area contributed by atoms with Gasteiger partial charge in [-0.2, -0.15) is 4.99 Å². The average Bonchev–Trinajstić information content (AvgIpc) is 3.49. The molecule has 1 fully saturated rings. The number of anilines is 1. The van der Waals surface area contributed by atoms with E-state index in [1.807, 2.05) is 85.1 Å². The van der Waals surface area contributed by atoms with Crippen molar-refractivity contribution >= 4 is 50.9 Å².